The maximum absolute atomic E-state index is 12.5. The van der Waals surface area contributed by atoms with Gasteiger partial charge in [-0.25, -0.2) is 0 Å². The van der Waals surface area contributed by atoms with E-state index in [0.29, 0.717) is 0 Å². The van der Waals surface area contributed by atoms with Gasteiger partial charge in [-0.05, 0) is 43.0 Å². The zero-order chi connectivity index (χ0) is 20.3. The van der Waals surface area contributed by atoms with E-state index in [2.05, 4.69) is 5.10 Å². The number of hydrogen-bond donors (Lipinski definition) is 0. The van der Waals surface area contributed by atoms with Crippen molar-refractivity contribution >= 4 is 16.2 Å². The lowest BCUT2D eigenvalue weighted by Gasteiger charge is -2.11. The Bertz CT molecular complexity index is 1100. The van der Waals surface area contributed by atoms with Gasteiger partial charge in [0.1, 0.15) is 0 Å². The second-order valence-corrected chi connectivity index (χ2v) is 8.48. The van der Waals surface area contributed by atoms with Crippen molar-refractivity contribution in [2.24, 2.45) is 0 Å². The van der Waals surface area contributed by atoms with Crippen molar-refractivity contribution in [2.75, 3.05) is 0 Å². The highest BCUT2D eigenvalue weighted by atomic mass is 32.2. The first-order valence-electron chi connectivity index (χ1n) is 9.10. The molecular formula is C22H24N2O3S. The lowest BCUT2D eigenvalue weighted by Crippen LogP contribution is -2.10. The SMILES string of the molecule is Cc1ccc(-n2nc(C(C)C)cc2OS(=O)(=O)C=Cc2ccccc2)c(C)c1. The molecule has 0 atom stereocenters. The Morgan fingerprint density at radius 1 is 1.04 bits per heavy atom. The van der Waals surface area contributed by atoms with Gasteiger partial charge >= 0.3 is 10.1 Å². The van der Waals surface area contributed by atoms with Crippen LogP contribution < -0.4 is 4.18 Å². The predicted molar refractivity (Wildman–Crippen MR) is 112 cm³/mol. The van der Waals surface area contributed by atoms with Crippen molar-refractivity contribution in [2.45, 2.75) is 33.6 Å². The number of aromatic nitrogens is 2. The molecule has 0 saturated heterocycles. The van der Waals surface area contributed by atoms with Gasteiger partial charge in [-0.3, -0.25) is 0 Å². The van der Waals surface area contributed by atoms with Crippen LogP contribution in [-0.4, -0.2) is 18.2 Å². The molecule has 28 heavy (non-hydrogen) atoms. The first kappa shape index (κ1) is 19.9. The van der Waals surface area contributed by atoms with Gasteiger partial charge < -0.3 is 4.18 Å². The fourth-order valence-electron chi connectivity index (χ4n) is 2.81. The van der Waals surface area contributed by atoms with E-state index in [1.807, 2.05) is 76.2 Å². The molecule has 0 amide bonds. The molecule has 1 heterocycles. The second kappa shape index (κ2) is 8.02. The number of rotatable bonds is 6. The Morgan fingerprint density at radius 3 is 2.39 bits per heavy atom. The van der Waals surface area contributed by atoms with Gasteiger partial charge in [-0.2, -0.15) is 18.2 Å². The van der Waals surface area contributed by atoms with Crippen molar-refractivity contribution in [1.29, 1.82) is 0 Å². The van der Waals surface area contributed by atoms with Gasteiger partial charge in [0.2, 0.25) is 5.88 Å². The van der Waals surface area contributed by atoms with Crippen molar-refractivity contribution in [3.63, 3.8) is 0 Å². The van der Waals surface area contributed by atoms with E-state index in [1.165, 1.54) is 6.08 Å². The van der Waals surface area contributed by atoms with E-state index < -0.39 is 10.1 Å². The fraction of sp³-hybridized carbons (Fsp3) is 0.227. The summed E-state index contributed by atoms with van der Waals surface area (Å²) in [6.07, 6.45) is 1.51. The van der Waals surface area contributed by atoms with Gasteiger partial charge in [0.25, 0.3) is 0 Å². The first-order valence-corrected chi connectivity index (χ1v) is 10.6. The smallest absolute Gasteiger partial charge is 0.333 e. The molecule has 146 valence electrons. The van der Waals surface area contributed by atoms with Gasteiger partial charge in [-0.1, -0.05) is 61.9 Å². The van der Waals surface area contributed by atoms with Crippen molar-refractivity contribution in [3.8, 4) is 11.6 Å². The normalized spacial score (nSPS) is 12.0. The highest BCUT2D eigenvalue weighted by molar-refractivity contribution is 7.90. The molecule has 0 aliphatic rings. The Hall–Kier alpha value is -2.86. The molecular weight excluding hydrogens is 372 g/mol. The van der Waals surface area contributed by atoms with Gasteiger partial charge in [0, 0.05) is 6.07 Å². The van der Waals surface area contributed by atoms with E-state index in [4.69, 9.17) is 4.18 Å². The van der Waals surface area contributed by atoms with Crippen LogP contribution in [0.3, 0.4) is 0 Å². The van der Waals surface area contributed by atoms with Crippen molar-refractivity contribution in [1.82, 2.24) is 9.78 Å². The van der Waals surface area contributed by atoms with Crippen LogP contribution in [0.5, 0.6) is 5.88 Å². The number of hydrogen-bond acceptors (Lipinski definition) is 4. The topological polar surface area (TPSA) is 61.2 Å². The van der Waals surface area contributed by atoms with Crippen LogP contribution in [0.2, 0.25) is 0 Å². The predicted octanol–water partition coefficient (Wildman–Crippen LogP) is 4.99. The van der Waals surface area contributed by atoms with Crippen LogP contribution in [-0.2, 0) is 10.1 Å². The molecule has 3 rings (SSSR count). The summed E-state index contributed by atoms with van der Waals surface area (Å²) in [6, 6.07) is 16.8. The van der Waals surface area contributed by atoms with Crippen LogP contribution in [0, 0.1) is 13.8 Å². The second-order valence-electron chi connectivity index (χ2n) is 7.05. The summed E-state index contributed by atoms with van der Waals surface area (Å²) in [4.78, 5) is 0. The molecule has 5 nitrogen and oxygen atoms in total. The molecule has 1 aromatic heterocycles. The van der Waals surface area contributed by atoms with Crippen LogP contribution >= 0.6 is 0 Å². The summed E-state index contributed by atoms with van der Waals surface area (Å²) in [5, 5.41) is 5.64. The Kier molecular flexibility index (Phi) is 5.70. The monoisotopic (exact) mass is 396 g/mol. The maximum atomic E-state index is 12.5. The third-order valence-electron chi connectivity index (χ3n) is 4.30. The molecule has 6 heteroatoms. The Balaban J connectivity index is 1.98. The minimum atomic E-state index is -3.94. The Labute approximate surface area is 166 Å². The zero-order valence-electron chi connectivity index (χ0n) is 16.5. The van der Waals surface area contributed by atoms with E-state index in [0.717, 1.165) is 33.5 Å². The molecule has 0 saturated carbocycles. The van der Waals surface area contributed by atoms with Crippen LogP contribution in [0.25, 0.3) is 11.8 Å². The summed E-state index contributed by atoms with van der Waals surface area (Å²) in [5.74, 6) is 0.310. The quantitative estimate of drug-likeness (QED) is 0.551. The summed E-state index contributed by atoms with van der Waals surface area (Å²) in [5.41, 5.74) is 4.44. The molecule has 3 aromatic rings. The van der Waals surface area contributed by atoms with Crippen LogP contribution in [0.15, 0.2) is 60.0 Å². The third kappa shape index (κ3) is 4.70. The zero-order valence-corrected chi connectivity index (χ0v) is 17.3. The summed E-state index contributed by atoms with van der Waals surface area (Å²) in [7, 11) is -3.94. The standard InChI is InChI=1S/C22H24N2O3S/c1-16(2)20-15-22(24(23-20)21-11-10-17(3)14-18(21)4)27-28(25,26)13-12-19-8-6-5-7-9-19/h5-16H,1-4H3. The summed E-state index contributed by atoms with van der Waals surface area (Å²) < 4.78 is 32.0. The van der Waals surface area contributed by atoms with Crippen molar-refractivity contribution < 1.29 is 12.6 Å². The molecule has 0 unspecified atom stereocenters. The molecule has 2 aromatic carbocycles. The lowest BCUT2D eigenvalue weighted by molar-refractivity contribution is 0.474. The highest BCUT2D eigenvalue weighted by Gasteiger charge is 2.19. The number of aryl methyl sites for hydroxylation is 2. The fourth-order valence-corrected chi connectivity index (χ4v) is 3.55. The average Bonchev–Trinajstić information content (AvgIpc) is 3.04. The molecule has 0 aliphatic carbocycles. The minimum absolute atomic E-state index is 0.136. The molecule has 0 radical (unpaired) electrons. The highest BCUT2D eigenvalue weighted by Crippen LogP contribution is 2.27. The maximum Gasteiger partial charge on any atom is 0.333 e. The van der Waals surface area contributed by atoms with Gasteiger partial charge in [0.05, 0.1) is 16.8 Å². The largest absolute Gasteiger partial charge is 0.358 e. The minimum Gasteiger partial charge on any atom is -0.358 e. The molecule has 0 N–H and O–H groups in total. The van der Waals surface area contributed by atoms with E-state index in [9.17, 15) is 8.42 Å². The Morgan fingerprint density at radius 2 is 1.75 bits per heavy atom. The van der Waals surface area contributed by atoms with Gasteiger partial charge in [0.15, 0.2) is 0 Å². The first-order chi connectivity index (χ1) is 13.2. The van der Waals surface area contributed by atoms with Gasteiger partial charge in [-0.15, -0.1) is 0 Å². The van der Waals surface area contributed by atoms with Crippen LogP contribution in [0.4, 0.5) is 0 Å². The summed E-state index contributed by atoms with van der Waals surface area (Å²) in [6.45, 7) is 7.98. The molecule has 0 bridgehead atoms. The van der Waals surface area contributed by atoms with E-state index >= 15 is 0 Å². The molecule has 0 spiro atoms. The lowest BCUT2D eigenvalue weighted by atomic mass is 10.1. The molecule has 0 fully saturated rings. The molecule has 0 aliphatic heterocycles. The summed E-state index contributed by atoms with van der Waals surface area (Å²) >= 11 is 0. The average molecular weight is 397 g/mol. The van der Waals surface area contributed by atoms with E-state index in [1.54, 1.807) is 10.7 Å². The van der Waals surface area contributed by atoms with Crippen LogP contribution in [0.1, 0.15) is 42.1 Å². The van der Waals surface area contributed by atoms with Crippen molar-refractivity contribution in [3.05, 3.63) is 82.4 Å². The number of nitrogens with zero attached hydrogens (tertiary/aromatic N) is 2. The third-order valence-corrected chi connectivity index (χ3v) is 5.17. The van der Waals surface area contributed by atoms with E-state index in [-0.39, 0.29) is 11.8 Å². The number of benzene rings is 2.